The highest BCUT2D eigenvalue weighted by atomic mass is 16.4. The summed E-state index contributed by atoms with van der Waals surface area (Å²) in [5.41, 5.74) is 7.87. The van der Waals surface area contributed by atoms with Crippen molar-refractivity contribution in [3.05, 3.63) is 71.8 Å². The number of hydrogen-bond donors (Lipinski definition) is 2. The molecule has 0 aliphatic rings. The van der Waals surface area contributed by atoms with E-state index >= 15 is 0 Å². The minimum absolute atomic E-state index is 0.00787. The maximum absolute atomic E-state index is 11.0. The number of carboxylic acids is 1. The lowest BCUT2D eigenvalue weighted by Crippen LogP contribution is -2.32. The van der Waals surface area contributed by atoms with Crippen LogP contribution in [0.4, 0.5) is 0 Å². The van der Waals surface area contributed by atoms with Crippen LogP contribution in [-0.2, 0) is 4.79 Å². The highest BCUT2D eigenvalue weighted by molar-refractivity contribution is 5.73. The fraction of sp³-hybridized carbons (Fsp3) is 0.188. The van der Waals surface area contributed by atoms with Crippen molar-refractivity contribution in [2.75, 3.05) is 0 Å². The van der Waals surface area contributed by atoms with E-state index in [0.717, 1.165) is 11.1 Å². The topological polar surface area (TPSA) is 63.3 Å². The first-order valence-electron chi connectivity index (χ1n) is 6.26. The smallest absolute Gasteiger partial charge is 0.320 e. The second-order valence-corrected chi connectivity index (χ2v) is 4.55. The monoisotopic (exact) mass is 255 g/mol. The van der Waals surface area contributed by atoms with Gasteiger partial charge in [-0.3, -0.25) is 4.79 Å². The van der Waals surface area contributed by atoms with Crippen molar-refractivity contribution in [1.29, 1.82) is 0 Å². The van der Waals surface area contributed by atoms with Crippen LogP contribution in [0.25, 0.3) is 0 Å². The van der Waals surface area contributed by atoms with Crippen molar-refractivity contribution in [2.45, 2.75) is 18.4 Å². The molecule has 0 saturated heterocycles. The summed E-state index contributed by atoms with van der Waals surface area (Å²) in [5.74, 6) is -0.953. The third-order valence-corrected chi connectivity index (χ3v) is 3.21. The average molecular weight is 255 g/mol. The predicted octanol–water partition coefficient (Wildman–Crippen LogP) is 2.62. The molecule has 1 atom stereocenters. The Bertz CT molecular complexity index is 485. The lowest BCUT2D eigenvalue weighted by Gasteiger charge is -2.20. The molecule has 19 heavy (non-hydrogen) atoms. The van der Waals surface area contributed by atoms with E-state index < -0.39 is 12.0 Å². The van der Waals surface area contributed by atoms with Crippen LogP contribution < -0.4 is 5.73 Å². The number of hydrogen-bond acceptors (Lipinski definition) is 2. The van der Waals surface area contributed by atoms with E-state index in [1.807, 2.05) is 60.7 Å². The molecule has 3 nitrogen and oxygen atoms in total. The van der Waals surface area contributed by atoms with Crippen molar-refractivity contribution in [3.63, 3.8) is 0 Å². The number of nitrogens with two attached hydrogens (primary N) is 1. The fourth-order valence-electron chi connectivity index (χ4n) is 2.19. The number of carbonyl (C=O) groups is 1. The van der Waals surface area contributed by atoms with E-state index in [0.29, 0.717) is 6.42 Å². The standard InChI is InChI=1S/C16H17NO2/c17-15(16(18)19)11-14(12-7-3-1-4-8-12)13-9-5-2-6-10-13/h1-10,14-15H,11,17H2,(H,18,19)/t15-/m1/s1. The van der Waals surface area contributed by atoms with E-state index in [9.17, 15) is 4.79 Å². The van der Waals surface area contributed by atoms with Crippen LogP contribution in [0.15, 0.2) is 60.7 Å². The molecular weight excluding hydrogens is 238 g/mol. The van der Waals surface area contributed by atoms with Gasteiger partial charge in [-0.05, 0) is 17.5 Å². The summed E-state index contributed by atoms with van der Waals surface area (Å²) in [6, 6.07) is 18.9. The zero-order valence-corrected chi connectivity index (χ0v) is 10.6. The summed E-state index contributed by atoms with van der Waals surface area (Å²) in [4.78, 5) is 11.0. The van der Waals surface area contributed by atoms with Gasteiger partial charge in [0.25, 0.3) is 0 Å². The molecule has 0 bridgehead atoms. The summed E-state index contributed by atoms with van der Waals surface area (Å²) >= 11 is 0. The van der Waals surface area contributed by atoms with Crippen molar-refractivity contribution >= 4 is 5.97 Å². The van der Waals surface area contributed by atoms with E-state index in [-0.39, 0.29) is 5.92 Å². The summed E-state index contributed by atoms with van der Waals surface area (Å²) in [6.45, 7) is 0. The molecule has 0 amide bonds. The second kappa shape index (κ2) is 6.16. The van der Waals surface area contributed by atoms with Crippen LogP contribution in [0.1, 0.15) is 23.5 Å². The first-order chi connectivity index (χ1) is 9.18. The molecule has 2 aromatic carbocycles. The van der Waals surface area contributed by atoms with Crippen LogP contribution in [0, 0.1) is 0 Å². The lowest BCUT2D eigenvalue weighted by atomic mass is 9.86. The Morgan fingerprint density at radius 1 is 0.947 bits per heavy atom. The lowest BCUT2D eigenvalue weighted by molar-refractivity contribution is -0.138. The van der Waals surface area contributed by atoms with Gasteiger partial charge in [0.15, 0.2) is 0 Å². The maximum Gasteiger partial charge on any atom is 0.320 e. The van der Waals surface area contributed by atoms with Crippen LogP contribution in [0.2, 0.25) is 0 Å². The van der Waals surface area contributed by atoms with E-state index in [2.05, 4.69) is 0 Å². The van der Waals surface area contributed by atoms with Gasteiger partial charge in [-0.2, -0.15) is 0 Å². The number of aliphatic carboxylic acids is 1. The Labute approximate surface area is 112 Å². The molecule has 0 radical (unpaired) electrons. The Hall–Kier alpha value is -2.13. The molecule has 0 fully saturated rings. The third-order valence-electron chi connectivity index (χ3n) is 3.21. The summed E-state index contributed by atoms with van der Waals surface area (Å²) in [5, 5.41) is 9.00. The summed E-state index contributed by atoms with van der Waals surface area (Å²) in [6.07, 6.45) is 0.392. The average Bonchev–Trinajstić information content (AvgIpc) is 2.46. The molecule has 0 saturated carbocycles. The van der Waals surface area contributed by atoms with Crippen LogP contribution in [0.5, 0.6) is 0 Å². The van der Waals surface area contributed by atoms with Gasteiger partial charge >= 0.3 is 5.97 Å². The van der Waals surface area contributed by atoms with Gasteiger partial charge in [-0.1, -0.05) is 60.7 Å². The SMILES string of the molecule is N[C@H](CC(c1ccccc1)c1ccccc1)C(=O)O. The second-order valence-electron chi connectivity index (χ2n) is 4.55. The maximum atomic E-state index is 11.0. The van der Waals surface area contributed by atoms with Gasteiger partial charge in [-0.15, -0.1) is 0 Å². The quantitative estimate of drug-likeness (QED) is 0.863. The number of benzene rings is 2. The molecule has 0 aliphatic heterocycles. The van der Waals surface area contributed by atoms with E-state index in [1.54, 1.807) is 0 Å². The van der Waals surface area contributed by atoms with Crippen molar-refractivity contribution in [2.24, 2.45) is 5.73 Å². The molecule has 3 heteroatoms. The van der Waals surface area contributed by atoms with Gasteiger partial charge in [-0.25, -0.2) is 0 Å². The highest BCUT2D eigenvalue weighted by Gasteiger charge is 2.21. The molecule has 0 aliphatic carbocycles. The van der Waals surface area contributed by atoms with Gasteiger partial charge in [0.1, 0.15) is 6.04 Å². The largest absolute Gasteiger partial charge is 0.480 e. The molecule has 0 unspecified atom stereocenters. The molecule has 0 aromatic heterocycles. The van der Waals surface area contributed by atoms with Crippen molar-refractivity contribution in [1.82, 2.24) is 0 Å². The van der Waals surface area contributed by atoms with Crippen molar-refractivity contribution < 1.29 is 9.90 Å². The Morgan fingerprint density at radius 3 is 1.74 bits per heavy atom. The van der Waals surface area contributed by atoms with E-state index in [1.165, 1.54) is 0 Å². The third kappa shape index (κ3) is 3.42. The minimum Gasteiger partial charge on any atom is -0.480 e. The number of carboxylic acid groups (broad SMARTS) is 1. The molecule has 3 N–H and O–H groups in total. The molecule has 0 heterocycles. The summed E-state index contributed by atoms with van der Waals surface area (Å²) in [7, 11) is 0. The zero-order chi connectivity index (χ0) is 13.7. The van der Waals surface area contributed by atoms with Crippen LogP contribution in [-0.4, -0.2) is 17.1 Å². The fourth-order valence-corrected chi connectivity index (χ4v) is 2.19. The van der Waals surface area contributed by atoms with Gasteiger partial charge in [0, 0.05) is 5.92 Å². The molecule has 98 valence electrons. The predicted molar refractivity (Wildman–Crippen MR) is 75.0 cm³/mol. The molecule has 2 rings (SSSR count). The Kier molecular flexibility index (Phi) is 4.31. The Balaban J connectivity index is 2.32. The van der Waals surface area contributed by atoms with Gasteiger partial charge in [0.2, 0.25) is 0 Å². The van der Waals surface area contributed by atoms with Crippen LogP contribution in [0.3, 0.4) is 0 Å². The summed E-state index contributed by atoms with van der Waals surface area (Å²) < 4.78 is 0. The van der Waals surface area contributed by atoms with Crippen LogP contribution >= 0.6 is 0 Å². The molecular formula is C16H17NO2. The zero-order valence-electron chi connectivity index (χ0n) is 10.6. The van der Waals surface area contributed by atoms with E-state index in [4.69, 9.17) is 10.8 Å². The molecule has 2 aromatic rings. The minimum atomic E-state index is -0.961. The van der Waals surface area contributed by atoms with Crippen molar-refractivity contribution in [3.8, 4) is 0 Å². The first-order valence-corrected chi connectivity index (χ1v) is 6.26. The number of rotatable bonds is 5. The Morgan fingerprint density at radius 2 is 1.37 bits per heavy atom. The molecule has 0 spiro atoms. The highest BCUT2D eigenvalue weighted by Crippen LogP contribution is 2.28. The normalized spacial score (nSPS) is 12.3. The van der Waals surface area contributed by atoms with Gasteiger partial charge in [0.05, 0.1) is 0 Å². The first kappa shape index (κ1) is 13.3. The van der Waals surface area contributed by atoms with Gasteiger partial charge < -0.3 is 10.8 Å².